The molecule has 3 atom stereocenters. The number of likely N-dealkylation sites (N-methyl/N-ethyl adjacent to an activating group) is 1. The summed E-state index contributed by atoms with van der Waals surface area (Å²) >= 11 is 1.37. The van der Waals surface area contributed by atoms with Crippen molar-refractivity contribution in [3.63, 3.8) is 0 Å². The summed E-state index contributed by atoms with van der Waals surface area (Å²) < 4.78 is 0. The van der Waals surface area contributed by atoms with Crippen molar-refractivity contribution >= 4 is 47.2 Å². The third kappa shape index (κ3) is 6.42. The first-order valence-electron chi connectivity index (χ1n) is 12.7. The molecular weight excluding hydrogens is 522 g/mol. The second-order valence-corrected chi connectivity index (χ2v) is 11.2. The van der Waals surface area contributed by atoms with E-state index in [1.54, 1.807) is 20.2 Å². The van der Waals surface area contributed by atoms with Crippen LogP contribution in [-0.4, -0.2) is 89.8 Å². The third-order valence-corrected chi connectivity index (χ3v) is 8.19. The van der Waals surface area contributed by atoms with Crippen LogP contribution in [0.4, 0.5) is 10.5 Å². The number of benzene rings is 1. The van der Waals surface area contributed by atoms with Gasteiger partial charge in [0.1, 0.15) is 0 Å². The number of aromatic nitrogens is 1. The Morgan fingerprint density at radius 3 is 2.59 bits per heavy atom. The number of hydrogen-bond donors (Lipinski definition) is 4. The van der Waals surface area contributed by atoms with Gasteiger partial charge < -0.3 is 25.5 Å². The van der Waals surface area contributed by atoms with Gasteiger partial charge in [-0.05, 0) is 44.5 Å². The molecule has 1 aromatic carbocycles. The van der Waals surface area contributed by atoms with Gasteiger partial charge in [0.15, 0.2) is 5.01 Å². The van der Waals surface area contributed by atoms with E-state index >= 15 is 0 Å². The van der Waals surface area contributed by atoms with Crippen molar-refractivity contribution in [2.45, 2.75) is 44.3 Å². The summed E-state index contributed by atoms with van der Waals surface area (Å²) in [7, 11) is 5.42. The maximum absolute atomic E-state index is 13.3. The van der Waals surface area contributed by atoms with Gasteiger partial charge in [-0.15, -0.1) is 11.3 Å². The average Bonchev–Trinajstić information content (AvgIpc) is 3.33. The smallest absolute Gasteiger partial charge is 0.417 e. The quantitative estimate of drug-likeness (QED) is 0.300. The molecule has 1 aliphatic carbocycles. The molecule has 1 saturated carbocycles. The number of nitrogens with one attached hydrogen (secondary N) is 3. The van der Waals surface area contributed by atoms with E-state index in [1.807, 2.05) is 7.05 Å². The van der Waals surface area contributed by atoms with Crippen LogP contribution in [0.1, 0.15) is 50.0 Å². The molecule has 1 aliphatic heterocycles. The van der Waals surface area contributed by atoms with Crippen LogP contribution in [0.15, 0.2) is 24.3 Å². The Morgan fingerprint density at radius 1 is 1.15 bits per heavy atom. The van der Waals surface area contributed by atoms with Gasteiger partial charge in [0.2, 0.25) is 5.91 Å². The standard InChI is InChI=1S/C26H33N7O5S/c1-31(2)25(36)16-7-8-18(28-22(34)15-5-4-6-17(11-15)33(14-27)26(37)38)20(12-16)29-23(35)24-30-19-9-10-32(3)13-21(19)39-24/h4-6,11,14,16,18,20,27H,7-10,12-13H2,1-3H3,(H,28,34)(H,29,35)(H,37,38)/t16-,18-,20+/m0/s1. The summed E-state index contributed by atoms with van der Waals surface area (Å²) in [6, 6.07) is 5.01. The second kappa shape index (κ2) is 11.9. The summed E-state index contributed by atoms with van der Waals surface area (Å²) in [6.07, 6.45) is 1.48. The number of amides is 4. The minimum Gasteiger partial charge on any atom is -0.464 e. The number of hydrogen-bond acceptors (Lipinski definition) is 8. The Balaban J connectivity index is 1.52. The number of nitrogens with zero attached hydrogens (tertiary/aromatic N) is 4. The zero-order chi connectivity index (χ0) is 28.3. The van der Waals surface area contributed by atoms with Crippen LogP contribution in [-0.2, 0) is 17.8 Å². The Morgan fingerprint density at radius 2 is 1.90 bits per heavy atom. The van der Waals surface area contributed by atoms with Crippen LogP contribution in [0.25, 0.3) is 0 Å². The molecule has 4 rings (SSSR count). The molecule has 1 fully saturated rings. The Kier molecular flexibility index (Phi) is 8.60. The molecule has 2 aromatic rings. The van der Waals surface area contributed by atoms with E-state index in [0.29, 0.717) is 35.5 Å². The Hall–Kier alpha value is -3.84. The van der Waals surface area contributed by atoms with Gasteiger partial charge in [-0.2, -0.15) is 0 Å². The molecule has 13 heteroatoms. The van der Waals surface area contributed by atoms with Crippen molar-refractivity contribution in [3.8, 4) is 0 Å². The highest BCUT2D eigenvalue weighted by Crippen LogP contribution is 2.29. The zero-order valence-corrected chi connectivity index (χ0v) is 23.0. The van der Waals surface area contributed by atoms with Crippen LogP contribution in [0.2, 0.25) is 0 Å². The lowest BCUT2D eigenvalue weighted by Gasteiger charge is -2.37. The summed E-state index contributed by atoms with van der Waals surface area (Å²) in [5.74, 6) is -1.09. The Bertz CT molecular complexity index is 1280. The summed E-state index contributed by atoms with van der Waals surface area (Å²) in [6.45, 7) is 1.63. The van der Waals surface area contributed by atoms with Crippen molar-refractivity contribution in [1.82, 2.24) is 25.4 Å². The zero-order valence-electron chi connectivity index (χ0n) is 22.1. The minimum absolute atomic E-state index is 0.0279. The fourth-order valence-electron chi connectivity index (χ4n) is 5.03. The minimum atomic E-state index is -1.34. The normalized spacial score (nSPS) is 20.8. The Labute approximate surface area is 230 Å². The van der Waals surface area contributed by atoms with Gasteiger partial charge in [-0.3, -0.25) is 19.8 Å². The summed E-state index contributed by atoms with van der Waals surface area (Å²) in [5, 5.41) is 23.0. The van der Waals surface area contributed by atoms with E-state index in [0.717, 1.165) is 30.1 Å². The predicted molar refractivity (Wildman–Crippen MR) is 146 cm³/mol. The van der Waals surface area contributed by atoms with Crippen molar-refractivity contribution in [3.05, 3.63) is 45.4 Å². The fraction of sp³-hybridized carbons (Fsp3) is 0.462. The molecule has 0 saturated heterocycles. The van der Waals surface area contributed by atoms with E-state index in [2.05, 4.69) is 20.5 Å². The topological polar surface area (TPSA) is 159 Å². The van der Waals surface area contributed by atoms with Gasteiger partial charge in [0, 0.05) is 56.0 Å². The molecule has 12 nitrogen and oxygen atoms in total. The molecule has 208 valence electrons. The summed E-state index contributed by atoms with van der Waals surface area (Å²) in [4.78, 5) is 60.7. The highest BCUT2D eigenvalue weighted by molar-refractivity contribution is 7.13. The van der Waals surface area contributed by atoms with Gasteiger partial charge in [-0.25, -0.2) is 14.7 Å². The highest BCUT2D eigenvalue weighted by Gasteiger charge is 2.37. The van der Waals surface area contributed by atoms with Crippen LogP contribution in [0, 0.1) is 11.3 Å². The molecule has 2 aliphatic rings. The predicted octanol–water partition coefficient (Wildman–Crippen LogP) is 2.01. The van der Waals surface area contributed by atoms with Crippen molar-refractivity contribution in [1.29, 1.82) is 5.41 Å². The van der Waals surface area contributed by atoms with Crippen LogP contribution < -0.4 is 15.5 Å². The SMILES string of the molecule is CN1CCc2nc(C(=O)N[C@@H]3C[C@@H](C(=O)N(C)C)CC[C@@H]3NC(=O)c3cccc(N(C=N)C(=O)O)c3)sc2C1. The number of rotatable bonds is 7. The lowest BCUT2D eigenvalue weighted by molar-refractivity contribution is -0.134. The molecule has 0 radical (unpaired) electrons. The number of carbonyl (C=O) groups is 4. The maximum atomic E-state index is 13.3. The van der Waals surface area contributed by atoms with Crippen LogP contribution >= 0.6 is 11.3 Å². The second-order valence-electron chi connectivity index (χ2n) is 10.1. The molecule has 39 heavy (non-hydrogen) atoms. The number of carbonyl (C=O) groups excluding carboxylic acids is 3. The molecule has 0 bridgehead atoms. The van der Waals surface area contributed by atoms with Crippen molar-refractivity contribution in [2.24, 2.45) is 5.92 Å². The van der Waals surface area contributed by atoms with Gasteiger partial charge >= 0.3 is 6.09 Å². The molecule has 0 spiro atoms. The first-order chi connectivity index (χ1) is 18.6. The van der Waals surface area contributed by atoms with E-state index < -0.39 is 24.1 Å². The van der Waals surface area contributed by atoms with E-state index in [4.69, 9.17) is 5.41 Å². The number of fused-ring (bicyclic) bond motifs is 1. The van der Waals surface area contributed by atoms with Gasteiger partial charge in [0.25, 0.3) is 11.8 Å². The first-order valence-corrected chi connectivity index (χ1v) is 13.5. The van der Waals surface area contributed by atoms with Crippen LogP contribution in [0.5, 0.6) is 0 Å². The average molecular weight is 556 g/mol. The summed E-state index contributed by atoms with van der Waals surface area (Å²) in [5.41, 5.74) is 1.32. The van der Waals surface area contributed by atoms with Gasteiger partial charge in [-0.1, -0.05) is 6.07 Å². The van der Waals surface area contributed by atoms with Crippen molar-refractivity contribution in [2.75, 3.05) is 32.6 Å². The van der Waals surface area contributed by atoms with Crippen molar-refractivity contribution < 1.29 is 24.3 Å². The molecule has 2 heterocycles. The fourth-order valence-corrected chi connectivity index (χ4v) is 6.12. The third-order valence-electron chi connectivity index (χ3n) is 7.11. The highest BCUT2D eigenvalue weighted by atomic mass is 32.1. The lowest BCUT2D eigenvalue weighted by atomic mass is 9.81. The molecule has 4 N–H and O–H groups in total. The molecule has 4 amide bonds. The number of thiazole rings is 1. The largest absolute Gasteiger partial charge is 0.464 e. The molecule has 0 unspecified atom stereocenters. The number of carboxylic acid groups (broad SMARTS) is 1. The first kappa shape index (κ1) is 28.2. The van der Waals surface area contributed by atoms with E-state index in [9.17, 15) is 24.3 Å². The number of anilines is 1. The van der Waals surface area contributed by atoms with E-state index in [-0.39, 0.29) is 29.0 Å². The van der Waals surface area contributed by atoms with Crippen LogP contribution in [0.3, 0.4) is 0 Å². The lowest BCUT2D eigenvalue weighted by Crippen LogP contribution is -2.55. The van der Waals surface area contributed by atoms with Gasteiger partial charge in [0.05, 0.1) is 23.8 Å². The maximum Gasteiger partial charge on any atom is 0.417 e. The molecule has 1 aromatic heterocycles. The monoisotopic (exact) mass is 555 g/mol. The van der Waals surface area contributed by atoms with E-state index in [1.165, 1.54) is 34.4 Å². The molecular formula is C26H33N7O5S.